The predicted molar refractivity (Wildman–Crippen MR) is 142 cm³/mol. The van der Waals surface area contributed by atoms with Crippen LogP contribution in [0.1, 0.15) is 30.4 Å². The fraction of sp³-hybridized carbons (Fsp3) is 0.379. The van der Waals surface area contributed by atoms with E-state index in [2.05, 4.69) is 64.6 Å². The number of hydrogen-bond acceptors (Lipinski definition) is 4. The number of hydrogen-bond donors (Lipinski definition) is 2. The third-order valence-electron chi connectivity index (χ3n) is 6.82. The molecular weight excluding hydrogens is 436 g/mol. The molecule has 1 aliphatic heterocycles. The highest BCUT2D eigenvalue weighted by atomic mass is 16.5. The highest BCUT2D eigenvalue weighted by molar-refractivity contribution is 5.92. The van der Waals surface area contributed by atoms with Gasteiger partial charge in [-0.05, 0) is 62.6 Å². The number of benzene rings is 2. The molecule has 0 radical (unpaired) electrons. The molecule has 3 heterocycles. The molecule has 4 aromatic rings. The highest BCUT2D eigenvalue weighted by Crippen LogP contribution is 2.32. The second-order valence-electron chi connectivity index (χ2n) is 9.43. The van der Waals surface area contributed by atoms with Crippen molar-refractivity contribution in [1.82, 2.24) is 20.2 Å². The van der Waals surface area contributed by atoms with Crippen molar-refractivity contribution < 1.29 is 9.53 Å². The van der Waals surface area contributed by atoms with Crippen molar-refractivity contribution in [3.8, 4) is 11.4 Å². The first-order chi connectivity index (χ1) is 17.2. The number of H-pyrrole nitrogens is 1. The third-order valence-corrected chi connectivity index (χ3v) is 6.82. The Morgan fingerprint density at radius 1 is 1.09 bits per heavy atom. The first kappa shape index (κ1) is 23.5. The van der Waals surface area contributed by atoms with Gasteiger partial charge in [-0.3, -0.25) is 9.69 Å². The van der Waals surface area contributed by atoms with Crippen molar-refractivity contribution >= 4 is 27.7 Å². The number of para-hydroxylation sites is 1. The van der Waals surface area contributed by atoms with E-state index in [9.17, 15) is 4.79 Å². The number of nitrogens with one attached hydrogen (secondary N) is 2. The molecule has 1 fully saturated rings. The maximum Gasteiger partial charge on any atom is 0.220 e. The molecule has 5 rings (SSSR count). The smallest absolute Gasteiger partial charge is 0.220 e. The molecule has 35 heavy (non-hydrogen) atoms. The number of carbonyl (C=O) groups is 1. The summed E-state index contributed by atoms with van der Waals surface area (Å²) in [5, 5.41) is 5.46. The van der Waals surface area contributed by atoms with Crippen LogP contribution < -0.4 is 5.32 Å². The monoisotopic (exact) mass is 470 g/mol. The van der Waals surface area contributed by atoms with Gasteiger partial charge >= 0.3 is 0 Å². The molecular formula is C29H34N4O2. The van der Waals surface area contributed by atoms with E-state index in [0.29, 0.717) is 6.42 Å². The van der Waals surface area contributed by atoms with Gasteiger partial charge in [-0.25, -0.2) is 4.98 Å². The number of amides is 1. The SMILES string of the molecule is Cc1ccc2[nH]c(-c3ccc4ccccc4n3)c(CCCC(=O)NCCCN3CCOCC3)c2c1. The number of rotatable bonds is 9. The molecule has 2 aromatic carbocycles. The van der Waals surface area contributed by atoms with E-state index in [4.69, 9.17) is 9.72 Å². The summed E-state index contributed by atoms with van der Waals surface area (Å²) in [6.45, 7) is 7.48. The minimum atomic E-state index is 0.133. The number of aromatic nitrogens is 2. The number of fused-ring (bicyclic) bond motifs is 2. The Bertz CT molecular complexity index is 1310. The maximum absolute atomic E-state index is 12.5. The highest BCUT2D eigenvalue weighted by Gasteiger charge is 2.16. The minimum absolute atomic E-state index is 0.133. The van der Waals surface area contributed by atoms with Crippen LogP contribution in [-0.2, 0) is 16.0 Å². The van der Waals surface area contributed by atoms with Gasteiger partial charge in [0.15, 0.2) is 0 Å². The van der Waals surface area contributed by atoms with Gasteiger partial charge in [0.05, 0.1) is 30.1 Å². The molecule has 0 bridgehead atoms. The maximum atomic E-state index is 12.5. The average molecular weight is 471 g/mol. The summed E-state index contributed by atoms with van der Waals surface area (Å²) in [5.74, 6) is 0.133. The predicted octanol–water partition coefficient (Wildman–Crippen LogP) is 4.85. The lowest BCUT2D eigenvalue weighted by Crippen LogP contribution is -2.38. The van der Waals surface area contributed by atoms with E-state index in [1.165, 1.54) is 16.5 Å². The van der Waals surface area contributed by atoms with Gasteiger partial charge in [0.1, 0.15) is 0 Å². The summed E-state index contributed by atoms with van der Waals surface area (Å²) in [6.07, 6.45) is 3.14. The lowest BCUT2D eigenvalue weighted by molar-refractivity contribution is -0.121. The summed E-state index contributed by atoms with van der Waals surface area (Å²) in [5.41, 5.74) is 6.58. The Kier molecular flexibility index (Phi) is 7.40. The zero-order valence-corrected chi connectivity index (χ0v) is 20.5. The Labute approximate surface area is 206 Å². The van der Waals surface area contributed by atoms with E-state index in [1.807, 2.05) is 12.1 Å². The van der Waals surface area contributed by atoms with Gasteiger partial charge in [-0.15, -0.1) is 0 Å². The van der Waals surface area contributed by atoms with Crippen molar-refractivity contribution in [2.75, 3.05) is 39.4 Å². The van der Waals surface area contributed by atoms with Crippen molar-refractivity contribution in [2.45, 2.75) is 32.6 Å². The number of aromatic amines is 1. The molecule has 2 aromatic heterocycles. The molecule has 1 amide bonds. The molecule has 2 N–H and O–H groups in total. The van der Waals surface area contributed by atoms with Crippen molar-refractivity contribution in [1.29, 1.82) is 0 Å². The van der Waals surface area contributed by atoms with Gasteiger partial charge in [0, 0.05) is 42.3 Å². The summed E-state index contributed by atoms with van der Waals surface area (Å²) in [7, 11) is 0. The number of ether oxygens (including phenoxy) is 1. The van der Waals surface area contributed by atoms with Gasteiger partial charge in [0.25, 0.3) is 0 Å². The van der Waals surface area contributed by atoms with Gasteiger partial charge in [-0.2, -0.15) is 0 Å². The molecule has 182 valence electrons. The largest absolute Gasteiger partial charge is 0.379 e. The van der Waals surface area contributed by atoms with E-state index < -0.39 is 0 Å². The zero-order chi connectivity index (χ0) is 24.0. The van der Waals surface area contributed by atoms with Gasteiger partial charge < -0.3 is 15.0 Å². The molecule has 0 saturated carbocycles. The van der Waals surface area contributed by atoms with Crippen LogP contribution in [0, 0.1) is 6.92 Å². The summed E-state index contributed by atoms with van der Waals surface area (Å²) >= 11 is 0. The van der Waals surface area contributed by atoms with Crippen LogP contribution in [-0.4, -0.2) is 60.2 Å². The number of pyridine rings is 1. The summed E-state index contributed by atoms with van der Waals surface area (Å²) in [6, 6.07) is 18.9. The van der Waals surface area contributed by atoms with Crippen LogP contribution in [0.2, 0.25) is 0 Å². The summed E-state index contributed by atoms with van der Waals surface area (Å²) < 4.78 is 5.39. The molecule has 0 atom stereocenters. The first-order valence-corrected chi connectivity index (χ1v) is 12.7. The Balaban J connectivity index is 1.24. The summed E-state index contributed by atoms with van der Waals surface area (Å²) in [4.78, 5) is 23.4. The number of morpholine rings is 1. The molecule has 0 aliphatic carbocycles. The van der Waals surface area contributed by atoms with Crippen molar-refractivity contribution in [2.24, 2.45) is 0 Å². The molecule has 6 nitrogen and oxygen atoms in total. The van der Waals surface area contributed by atoms with Gasteiger partial charge in [0.2, 0.25) is 5.91 Å². The lowest BCUT2D eigenvalue weighted by atomic mass is 10.0. The zero-order valence-electron chi connectivity index (χ0n) is 20.5. The second kappa shape index (κ2) is 11.0. The Morgan fingerprint density at radius 2 is 1.94 bits per heavy atom. The standard InChI is InChI=1S/C29H34N4O2/c1-21-10-12-26-24(20-21)23(29(32-26)27-13-11-22-6-2-3-8-25(22)31-27)7-4-9-28(34)30-14-5-15-33-16-18-35-19-17-33/h2-3,6,8,10-13,20,32H,4-5,7,9,14-19H2,1H3,(H,30,34). The topological polar surface area (TPSA) is 70.2 Å². The van der Waals surface area contributed by atoms with Crippen LogP contribution in [0.25, 0.3) is 33.2 Å². The van der Waals surface area contributed by atoms with Crippen molar-refractivity contribution in [3.63, 3.8) is 0 Å². The van der Waals surface area contributed by atoms with E-state index in [0.717, 1.165) is 86.5 Å². The average Bonchev–Trinajstić information content (AvgIpc) is 3.24. The molecule has 0 spiro atoms. The van der Waals surface area contributed by atoms with Crippen LogP contribution in [0.5, 0.6) is 0 Å². The minimum Gasteiger partial charge on any atom is -0.379 e. The fourth-order valence-electron chi connectivity index (χ4n) is 4.91. The first-order valence-electron chi connectivity index (χ1n) is 12.7. The van der Waals surface area contributed by atoms with E-state index in [-0.39, 0.29) is 5.91 Å². The van der Waals surface area contributed by atoms with Crippen LogP contribution in [0.15, 0.2) is 54.6 Å². The molecule has 1 aliphatic rings. The number of aryl methyl sites for hydroxylation is 2. The van der Waals surface area contributed by atoms with Gasteiger partial charge in [-0.1, -0.05) is 35.9 Å². The quantitative estimate of drug-likeness (QED) is 0.343. The van der Waals surface area contributed by atoms with E-state index in [1.54, 1.807) is 0 Å². The lowest BCUT2D eigenvalue weighted by Gasteiger charge is -2.26. The Hall–Kier alpha value is -3.22. The van der Waals surface area contributed by atoms with Crippen molar-refractivity contribution in [3.05, 3.63) is 65.7 Å². The molecule has 0 unspecified atom stereocenters. The molecule has 1 saturated heterocycles. The Morgan fingerprint density at radius 3 is 2.83 bits per heavy atom. The molecule has 6 heteroatoms. The normalized spacial score (nSPS) is 14.5. The number of carbonyl (C=O) groups excluding carboxylic acids is 1. The van der Waals surface area contributed by atoms with Crippen LogP contribution >= 0.6 is 0 Å². The van der Waals surface area contributed by atoms with E-state index >= 15 is 0 Å². The van der Waals surface area contributed by atoms with Crippen LogP contribution in [0.3, 0.4) is 0 Å². The third kappa shape index (κ3) is 5.72. The fourth-order valence-corrected chi connectivity index (χ4v) is 4.91. The number of nitrogens with zero attached hydrogens (tertiary/aromatic N) is 2. The van der Waals surface area contributed by atoms with Crippen LogP contribution in [0.4, 0.5) is 0 Å². The second-order valence-corrected chi connectivity index (χ2v) is 9.43.